The molecule has 0 atom stereocenters. The van der Waals surface area contributed by atoms with Gasteiger partial charge in [-0.05, 0) is 62.1 Å². The molecule has 1 heterocycles. The summed E-state index contributed by atoms with van der Waals surface area (Å²) in [5, 5.41) is 12.8. The highest BCUT2D eigenvalue weighted by molar-refractivity contribution is 6.47. The SMILES string of the molecule is CC1(C)c2cc(BOC(C)(C)C(C)(C)O)ccc2-c2c1ccc1oc3ccccc3c21. The molecule has 0 aliphatic heterocycles. The summed E-state index contributed by atoms with van der Waals surface area (Å²) in [6, 6.07) is 19.2. The molecule has 3 aromatic carbocycles. The van der Waals surface area contributed by atoms with Gasteiger partial charge in [-0.3, -0.25) is 0 Å². The molecule has 0 unspecified atom stereocenters. The summed E-state index contributed by atoms with van der Waals surface area (Å²) in [6.07, 6.45) is 0. The molecule has 158 valence electrons. The zero-order chi connectivity index (χ0) is 22.2. The van der Waals surface area contributed by atoms with E-state index in [2.05, 4.69) is 56.3 Å². The molecule has 1 aromatic heterocycles. The van der Waals surface area contributed by atoms with E-state index in [4.69, 9.17) is 9.07 Å². The van der Waals surface area contributed by atoms with Gasteiger partial charge < -0.3 is 14.2 Å². The number of aliphatic hydroxyl groups is 1. The van der Waals surface area contributed by atoms with Crippen molar-refractivity contribution in [3.05, 3.63) is 65.7 Å². The Balaban J connectivity index is 1.63. The Kier molecular flexibility index (Phi) is 4.25. The van der Waals surface area contributed by atoms with Crippen LogP contribution in [0.1, 0.15) is 52.7 Å². The first-order valence-electron chi connectivity index (χ1n) is 11.0. The Labute approximate surface area is 184 Å². The summed E-state index contributed by atoms with van der Waals surface area (Å²) in [5.74, 6) is 0. The minimum Gasteiger partial charge on any atom is -0.456 e. The van der Waals surface area contributed by atoms with Gasteiger partial charge in [0, 0.05) is 16.2 Å². The largest absolute Gasteiger partial charge is 0.456 e. The lowest BCUT2D eigenvalue weighted by molar-refractivity contribution is -0.0893. The van der Waals surface area contributed by atoms with E-state index >= 15 is 0 Å². The second-order valence-electron chi connectivity index (χ2n) is 10.3. The quantitative estimate of drug-likeness (QED) is 0.454. The highest BCUT2D eigenvalue weighted by Crippen LogP contribution is 2.52. The molecule has 1 aliphatic rings. The maximum atomic E-state index is 10.4. The summed E-state index contributed by atoms with van der Waals surface area (Å²) in [6.45, 7) is 12.0. The van der Waals surface area contributed by atoms with Crippen LogP contribution in [-0.4, -0.2) is 23.8 Å². The molecule has 0 saturated carbocycles. The van der Waals surface area contributed by atoms with Crippen LogP contribution in [0, 0.1) is 0 Å². The number of hydrogen-bond acceptors (Lipinski definition) is 3. The average Bonchev–Trinajstić information content (AvgIpc) is 3.19. The zero-order valence-electron chi connectivity index (χ0n) is 19.2. The van der Waals surface area contributed by atoms with Crippen molar-refractivity contribution in [2.75, 3.05) is 0 Å². The van der Waals surface area contributed by atoms with Gasteiger partial charge in [-0.2, -0.15) is 0 Å². The normalized spacial score (nSPS) is 15.3. The molecular weight excluding hydrogens is 383 g/mol. The maximum absolute atomic E-state index is 10.4. The van der Waals surface area contributed by atoms with E-state index in [1.807, 2.05) is 26.0 Å². The first-order valence-corrected chi connectivity index (χ1v) is 11.0. The molecule has 0 saturated heterocycles. The Hall–Kier alpha value is -2.56. The fraction of sp³-hybridized carbons (Fsp3) is 0.333. The molecule has 0 radical (unpaired) electrons. The van der Waals surface area contributed by atoms with Crippen LogP contribution < -0.4 is 5.46 Å². The summed E-state index contributed by atoms with van der Waals surface area (Å²) in [7, 11) is 0.459. The van der Waals surface area contributed by atoms with Crippen molar-refractivity contribution in [3.8, 4) is 11.1 Å². The van der Waals surface area contributed by atoms with Gasteiger partial charge in [0.05, 0.1) is 11.2 Å². The third-order valence-corrected chi connectivity index (χ3v) is 7.32. The maximum Gasteiger partial charge on any atom is 0.309 e. The molecule has 4 aromatic rings. The van der Waals surface area contributed by atoms with Crippen LogP contribution in [-0.2, 0) is 10.1 Å². The second kappa shape index (κ2) is 6.47. The van der Waals surface area contributed by atoms with Crippen molar-refractivity contribution < 1.29 is 14.2 Å². The topological polar surface area (TPSA) is 42.6 Å². The molecule has 5 rings (SSSR count). The number of furan rings is 1. The van der Waals surface area contributed by atoms with Crippen molar-refractivity contribution in [1.29, 1.82) is 0 Å². The van der Waals surface area contributed by atoms with Gasteiger partial charge in [-0.1, -0.05) is 61.8 Å². The second-order valence-corrected chi connectivity index (χ2v) is 10.3. The zero-order valence-corrected chi connectivity index (χ0v) is 19.2. The third-order valence-electron chi connectivity index (χ3n) is 7.32. The molecule has 31 heavy (non-hydrogen) atoms. The Morgan fingerprint density at radius 1 is 0.903 bits per heavy atom. The highest BCUT2D eigenvalue weighted by Gasteiger charge is 2.38. The molecule has 3 nitrogen and oxygen atoms in total. The number of hydrogen-bond donors (Lipinski definition) is 1. The van der Waals surface area contributed by atoms with Crippen LogP contribution in [0.25, 0.3) is 33.1 Å². The minimum atomic E-state index is -0.923. The number of benzene rings is 3. The lowest BCUT2D eigenvalue weighted by atomic mass is 9.77. The Bertz CT molecular complexity index is 1320. The van der Waals surface area contributed by atoms with Gasteiger partial charge in [-0.15, -0.1) is 0 Å². The van der Waals surface area contributed by atoms with Crippen LogP contribution in [0.4, 0.5) is 0 Å². The first kappa shape index (κ1) is 20.4. The van der Waals surface area contributed by atoms with Crippen LogP contribution in [0.5, 0.6) is 0 Å². The molecule has 0 spiro atoms. The van der Waals surface area contributed by atoms with Gasteiger partial charge >= 0.3 is 7.48 Å². The van der Waals surface area contributed by atoms with Crippen LogP contribution in [0.15, 0.2) is 59.0 Å². The molecule has 1 aliphatic carbocycles. The van der Waals surface area contributed by atoms with Crippen molar-refractivity contribution in [3.63, 3.8) is 0 Å². The van der Waals surface area contributed by atoms with Gasteiger partial charge in [0.15, 0.2) is 0 Å². The van der Waals surface area contributed by atoms with Crippen LogP contribution in [0.3, 0.4) is 0 Å². The Morgan fingerprint density at radius 2 is 1.65 bits per heavy atom. The molecule has 1 N–H and O–H groups in total. The lowest BCUT2D eigenvalue weighted by Crippen LogP contribution is -2.49. The fourth-order valence-corrected chi connectivity index (χ4v) is 4.62. The van der Waals surface area contributed by atoms with Crippen LogP contribution in [0.2, 0.25) is 0 Å². The van der Waals surface area contributed by atoms with Crippen molar-refractivity contribution in [1.82, 2.24) is 0 Å². The third kappa shape index (κ3) is 2.96. The van der Waals surface area contributed by atoms with E-state index in [-0.39, 0.29) is 5.41 Å². The summed E-state index contributed by atoms with van der Waals surface area (Å²) >= 11 is 0. The van der Waals surface area contributed by atoms with E-state index in [1.165, 1.54) is 27.6 Å². The van der Waals surface area contributed by atoms with Gasteiger partial charge in [0.2, 0.25) is 0 Å². The highest BCUT2D eigenvalue weighted by atomic mass is 16.5. The van der Waals surface area contributed by atoms with Crippen molar-refractivity contribution in [2.45, 2.75) is 58.2 Å². The summed E-state index contributed by atoms with van der Waals surface area (Å²) in [4.78, 5) is 0. The Morgan fingerprint density at radius 3 is 2.39 bits per heavy atom. The van der Waals surface area contributed by atoms with Gasteiger partial charge in [-0.25, -0.2) is 0 Å². The van der Waals surface area contributed by atoms with Crippen molar-refractivity contribution in [2.24, 2.45) is 0 Å². The molecular formula is C27H29BO3. The number of para-hydroxylation sites is 1. The molecule has 0 amide bonds. The molecule has 0 bridgehead atoms. The number of rotatable bonds is 4. The summed E-state index contributed by atoms with van der Waals surface area (Å²) in [5.41, 5.74) is 6.48. The fourth-order valence-electron chi connectivity index (χ4n) is 4.62. The molecule has 0 fully saturated rings. The van der Waals surface area contributed by atoms with E-state index < -0.39 is 11.2 Å². The minimum absolute atomic E-state index is 0.112. The standard InChI is InChI=1S/C27H29BO3/c1-25(2)19-13-14-22-24(18-9-7-8-10-21(18)30-22)23(19)17-12-11-16(15-20(17)25)28-31-27(5,6)26(3,4)29/h7-15,28-29H,1-6H3. The van der Waals surface area contributed by atoms with E-state index in [0.717, 1.165) is 22.0 Å². The first-order chi connectivity index (χ1) is 14.5. The predicted octanol–water partition coefficient (Wildman–Crippen LogP) is 5.44. The molecule has 4 heteroatoms. The van der Waals surface area contributed by atoms with Crippen molar-refractivity contribution >= 4 is 34.9 Å². The van der Waals surface area contributed by atoms with Gasteiger partial charge in [0.1, 0.15) is 11.2 Å². The van der Waals surface area contributed by atoms with E-state index in [9.17, 15) is 5.11 Å². The number of fused-ring (bicyclic) bond motifs is 7. The smallest absolute Gasteiger partial charge is 0.309 e. The van der Waals surface area contributed by atoms with Crippen LogP contribution >= 0.6 is 0 Å². The summed E-state index contributed by atoms with van der Waals surface area (Å²) < 4.78 is 12.3. The average molecular weight is 412 g/mol. The predicted molar refractivity (Wildman–Crippen MR) is 130 cm³/mol. The monoisotopic (exact) mass is 412 g/mol. The van der Waals surface area contributed by atoms with E-state index in [1.54, 1.807) is 13.8 Å². The van der Waals surface area contributed by atoms with Gasteiger partial charge in [0.25, 0.3) is 0 Å². The lowest BCUT2D eigenvalue weighted by Gasteiger charge is -2.37. The van der Waals surface area contributed by atoms with E-state index in [0.29, 0.717) is 7.48 Å².